The Morgan fingerprint density at radius 3 is 2.42 bits per heavy atom. The molecule has 1 atom stereocenters. The van der Waals surface area contributed by atoms with E-state index in [0.717, 1.165) is 28.9 Å². The number of hydrogen-bond donors (Lipinski definition) is 2. The topological polar surface area (TPSA) is 66.4 Å². The van der Waals surface area contributed by atoms with Crippen molar-refractivity contribution in [3.8, 4) is 0 Å². The first kappa shape index (κ1) is 28.3. The number of anilines is 1. The van der Waals surface area contributed by atoms with Gasteiger partial charge in [0.15, 0.2) is 0 Å². The zero-order valence-corrected chi connectivity index (χ0v) is 23.8. The maximum absolute atomic E-state index is 13.2. The number of pyridine rings is 1. The highest BCUT2D eigenvalue weighted by Gasteiger charge is 2.27. The molecule has 1 saturated carbocycles. The van der Waals surface area contributed by atoms with Gasteiger partial charge in [0.1, 0.15) is 0 Å². The molecule has 0 spiro atoms. The van der Waals surface area contributed by atoms with Gasteiger partial charge in [0.25, 0.3) is 11.5 Å². The Morgan fingerprint density at radius 2 is 1.81 bits per heavy atom. The van der Waals surface area contributed by atoms with E-state index < -0.39 is 0 Å². The van der Waals surface area contributed by atoms with Crippen LogP contribution in [0.3, 0.4) is 0 Å². The molecule has 1 amide bonds. The van der Waals surface area contributed by atoms with Crippen LogP contribution in [0.1, 0.15) is 78.7 Å². The maximum Gasteiger partial charge on any atom is 0.255 e. The molecule has 198 valence electrons. The number of benzene rings is 1. The summed E-state index contributed by atoms with van der Waals surface area (Å²) in [7, 11) is 4.32. The van der Waals surface area contributed by atoms with Gasteiger partial charge in [-0.25, -0.2) is 0 Å². The number of carbonyl (C=O) groups is 1. The average molecular weight is 515 g/mol. The van der Waals surface area contributed by atoms with E-state index in [2.05, 4.69) is 43.5 Å². The summed E-state index contributed by atoms with van der Waals surface area (Å²) in [5.41, 5.74) is 4.74. The molecule has 0 bridgehead atoms. The molecule has 1 aromatic carbocycles. The van der Waals surface area contributed by atoms with E-state index in [9.17, 15) is 9.59 Å². The Bertz CT molecular complexity index is 1130. The molecule has 1 fully saturated rings. The van der Waals surface area contributed by atoms with E-state index in [4.69, 9.17) is 11.6 Å². The van der Waals surface area contributed by atoms with Crippen molar-refractivity contribution in [2.75, 3.05) is 19.4 Å². The third-order valence-electron chi connectivity index (χ3n) is 7.88. The molecule has 1 heterocycles. The van der Waals surface area contributed by atoms with E-state index >= 15 is 0 Å². The van der Waals surface area contributed by atoms with Crippen LogP contribution < -0.4 is 16.2 Å². The fraction of sp³-hybridized carbons (Fsp3) is 0.586. The summed E-state index contributed by atoms with van der Waals surface area (Å²) >= 11 is 6.45. The average Bonchev–Trinajstić information content (AvgIpc) is 2.83. The molecule has 6 nitrogen and oxygen atoms in total. The number of nitrogens with one attached hydrogen (secondary N) is 2. The summed E-state index contributed by atoms with van der Waals surface area (Å²) in [5.74, 6) is 0.366. The van der Waals surface area contributed by atoms with Crippen molar-refractivity contribution >= 4 is 23.2 Å². The highest BCUT2D eigenvalue weighted by molar-refractivity contribution is 6.31. The summed E-state index contributed by atoms with van der Waals surface area (Å²) in [6.07, 6.45) is 5.68. The van der Waals surface area contributed by atoms with Gasteiger partial charge in [-0.15, -0.1) is 0 Å². The number of aryl methyl sites for hydroxylation is 2. The first-order chi connectivity index (χ1) is 17.0. The van der Waals surface area contributed by atoms with Gasteiger partial charge in [0.2, 0.25) is 0 Å². The van der Waals surface area contributed by atoms with Crippen LogP contribution in [0.2, 0.25) is 5.02 Å². The van der Waals surface area contributed by atoms with Crippen LogP contribution in [0.4, 0.5) is 5.69 Å². The molecule has 2 N–H and O–H groups in total. The lowest BCUT2D eigenvalue weighted by Gasteiger charge is -2.36. The highest BCUT2D eigenvalue weighted by Crippen LogP contribution is 2.32. The number of nitrogens with zero attached hydrogens (tertiary/aromatic N) is 2. The lowest BCUT2D eigenvalue weighted by atomic mass is 9.81. The Labute approximate surface area is 221 Å². The molecule has 7 heteroatoms. The van der Waals surface area contributed by atoms with E-state index in [1.54, 1.807) is 10.6 Å². The molecule has 0 radical (unpaired) electrons. The summed E-state index contributed by atoms with van der Waals surface area (Å²) in [6, 6.07) is 6.58. The van der Waals surface area contributed by atoms with Crippen LogP contribution in [0.5, 0.6) is 0 Å². The summed E-state index contributed by atoms with van der Waals surface area (Å²) in [6.45, 7) is 11.0. The molecule has 1 unspecified atom stereocenters. The Kier molecular flexibility index (Phi) is 9.65. The third kappa shape index (κ3) is 6.51. The van der Waals surface area contributed by atoms with E-state index in [1.165, 1.54) is 25.7 Å². The lowest BCUT2D eigenvalue weighted by Crippen LogP contribution is -2.36. The SMILES string of the molecule is CCCn1c(C)cc(C)c(CNC(=O)c2cc(Cl)cc(NC(C)C3CCC(N(C)C)CC3)c2C)c1=O. The first-order valence-electron chi connectivity index (χ1n) is 13.2. The van der Waals surface area contributed by atoms with E-state index in [-0.39, 0.29) is 24.1 Å². The summed E-state index contributed by atoms with van der Waals surface area (Å²) < 4.78 is 1.79. The number of rotatable bonds is 9. The van der Waals surface area contributed by atoms with Gasteiger partial charge in [-0.3, -0.25) is 9.59 Å². The number of hydrogen-bond acceptors (Lipinski definition) is 4. The maximum atomic E-state index is 13.2. The van der Waals surface area contributed by atoms with Crippen LogP contribution in [-0.4, -0.2) is 41.6 Å². The second-order valence-corrected chi connectivity index (χ2v) is 11.1. The molecule has 0 saturated heterocycles. The van der Waals surface area contributed by atoms with Crippen molar-refractivity contribution in [1.82, 2.24) is 14.8 Å². The molecule has 0 aliphatic heterocycles. The minimum absolute atomic E-state index is 0.0300. The van der Waals surface area contributed by atoms with Crippen molar-refractivity contribution in [1.29, 1.82) is 0 Å². The van der Waals surface area contributed by atoms with Crippen molar-refractivity contribution in [2.45, 2.75) is 91.9 Å². The number of amides is 1. The molecule has 2 aromatic rings. The monoisotopic (exact) mass is 514 g/mol. The van der Waals surface area contributed by atoms with Crippen molar-refractivity contribution < 1.29 is 4.79 Å². The van der Waals surface area contributed by atoms with Crippen LogP contribution in [0.25, 0.3) is 0 Å². The van der Waals surface area contributed by atoms with E-state index in [0.29, 0.717) is 34.7 Å². The standard InChI is InChI=1S/C29H43ClN4O2/c1-8-13-34-19(3)14-18(2)26(29(34)36)17-31-28(35)25-15-23(30)16-27(20(25)4)32-21(5)22-9-11-24(12-10-22)33(6)7/h14-16,21-22,24,32H,8-13,17H2,1-7H3,(H,31,35). The molecular formula is C29H43ClN4O2. The lowest BCUT2D eigenvalue weighted by molar-refractivity contribution is 0.0950. The van der Waals surface area contributed by atoms with Gasteiger partial charge < -0.3 is 20.1 Å². The number of aromatic nitrogens is 1. The zero-order chi connectivity index (χ0) is 26.6. The predicted octanol–water partition coefficient (Wildman–Crippen LogP) is 5.69. The second-order valence-electron chi connectivity index (χ2n) is 10.7. The fourth-order valence-electron chi connectivity index (χ4n) is 5.50. The van der Waals surface area contributed by atoms with Crippen LogP contribution >= 0.6 is 11.6 Å². The number of halogens is 1. The summed E-state index contributed by atoms with van der Waals surface area (Å²) in [5, 5.41) is 7.14. The smallest absolute Gasteiger partial charge is 0.255 e. The van der Waals surface area contributed by atoms with Crippen LogP contribution in [0.15, 0.2) is 23.0 Å². The molecule has 3 rings (SSSR count). The van der Waals surface area contributed by atoms with Crippen molar-refractivity contribution in [3.05, 3.63) is 61.5 Å². The van der Waals surface area contributed by atoms with Gasteiger partial charge in [-0.2, -0.15) is 0 Å². The fourth-order valence-corrected chi connectivity index (χ4v) is 5.71. The largest absolute Gasteiger partial charge is 0.382 e. The van der Waals surface area contributed by atoms with Gasteiger partial charge >= 0.3 is 0 Å². The Morgan fingerprint density at radius 1 is 1.14 bits per heavy atom. The van der Waals surface area contributed by atoms with Gasteiger partial charge in [0.05, 0.1) is 0 Å². The normalized spacial score (nSPS) is 18.8. The van der Waals surface area contributed by atoms with E-state index in [1.807, 2.05) is 32.9 Å². The molecule has 1 aromatic heterocycles. The van der Waals surface area contributed by atoms with Gasteiger partial charge in [-0.05, 0) is 109 Å². The van der Waals surface area contributed by atoms with Crippen molar-refractivity contribution in [2.24, 2.45) is 5.92 Å². The Balaban J connectivity index is 1.73. The van der Waals surface area contributed by atoms with Gasteiger partial charge in [0, 0.05) is 52.7 Å². The third-order valence-corrected chi connectivity index (χ3v) is 8.10. The Hall–Kier alpha value is -2.31. The zero-order valence-electron chi connectivity index (χ0n) is 23.0. The minimum atomic E-state index is -0.224. The highest BCUT2D eigenvalue weighted by atomic mass is 35.5. The van der Waals surface area contributed by atoms with Crippen LogP contribution in [-0.2, 0) is 13.1 Å². The first-order valence-corrected chi connectivity index (χ1v) is 13.6. The van der Waals surface area contributed by atoms with Gasteiger partial charge in [-0.1, -0.05) is 18.5 Å². The predicted molar refractivity (Wildman–Crippen MR) is 150 cm³/mol. The van der Waals surface area contributed by atoms with Crippen LogP contribution in [0, 0.1) is 26.7 Å². The molecule has 1 aliphatic carbocycles. The minimum Gasteiger partial charge on any atom is -0.382 e. The van der Waals surface area contributed by atoms with Crippen molar-refractivity contribution in [3.63, 3.8) is 0 Å². The summed E-state index contributed by atoms with van der Waals surface area (Å²) in [4.78, 5) is 28.6. The second kappa shape index (κ2) is 12.3. The quantitative estimate of drug-likeness (QED) is 0.451. The molecular weight excluding hydrogens is 472 g/mol. The number of carbonyl (C=O) groups excluding carboxylic acids is 1. The molecule has 36 heavy (non-hydrogen) atoms. The molecule has 1 aliphatic rings.